The van der Waals surface area contributed by atoms with Gasteiger partial charge in [0.2, 0.25) is 0 Å². The van der Waals surface area contributed by atoms with Crippen LogP contribution < -0.4 is 0 Å². The number of esters is 1. The topological polar surface area (TPSA) is 43.4 Å². The first-order chi connectivity index (χ1) is 8.22. The molecule has 1 aromatic carbocycles. The van der Waals surface area contributed by atoms with Crippen LogP contribution in [0.3, 0.4) is 0 Å². The van der Waals surface area contributed by atoms with Crippen molar-refractivity contribution >= 4 is 11.8 Å². The molecule has 0 spiro atoms. The third kappa shape index (κ3) is 2.54. The van der Waals surface area contributed by atoms with Crippen LogP contribution in [0.15, 0.2) is 30.3 Å². The Labute approximate surface area is 101 Å². The summed E-state index contributed by atoms with van der Waals surface area (Å²) in [5.74, 6) is -0.315. The van der Waals surface area contributed by atoms with Gasteiger partial charge in [0.15, 0.2) is 0 Å². The van der Waals surface area contributed by atoms with Crippen LogP contribution in [0.5, 0.6) is 0 Å². The lowest BCUT2D eigenvalue weighted by molar-refractivity contribution is -0.149. The summed E-state index contributed by atoms with van der Waals surface area (Å²) in [6, 6.07) is 9.89. The molecule has 0 bridgehead atoms. The molecular weight excluding hydrogens is 216 g/mol. The third-order valence-electron chi connectivity index (χ3n) is 3.40. The van der Waals surface area contributed by atoms with Crippen LogP contribution in [0.2, 0.25) is 0 Å². The molecule has 17 heavy (non-hydrogen) atoms. The van der Waals surface area contributed by atoms with Gasteiger partial charge in [0, 0.05) is 12.8 Å². The Morgan fingerprint density at radius 2 is 2.00 bits per heavy atom. The van der Waals surface area contributed by atoms with Crippen LogP contribution >= 0.6 is 0 Å². The lowest BCUT2D eigenvalue weighted by Gasteiger charge is -2.29. The SMILES string of the molecule is COC(=O)C1CC(=O)CCC1c1ccccc1. The summed E-state index contributed by atoms with van der Waals surface area (Å²) in [7, 11) is 1.38. The first kappa shape index (κ1) is 11.8. The number of hydrogen-bond donors (Lipinski definition) is 0. The zero-order valence-electron chi connectivity index (χ0n) is 9.89. The molecule has 0 radical (unpaired) electrons. The minimum atomic E-state index is -0.316. The fourth-order valence-corrected chi connectivity index (χ4v) is 2.51. The highest BCUT2D eigenvalue weighted by atomic mass is 16.5. The number of Topliss-reactive ketones (excluding diaryl/α,β-unsaturated/α-hetero) is 1. The van der Waals surface area contributed by atoms with Crippen LogP contribution in [0.25, 0.3) is 0 Å². The van der Waals surface area contributed by atoms with Crippen LogP contribution in [0.1, 0.15) is 30.7 Å². The van der Waals surface area contributed by atoms with Crippen molar-refractivity contribution in [2.75, 3.05) is 7.11 Å². The van der Waals surface area contributed by atoms with E-state index in [1.165, 1.54) is 7.11 Å². The molecule has 90 valence electrons. The third-order valence-corrected chi connectivity index (χ3v) is 3.40. The van der Waals surface area contributed by atoms with Gasteiger partial charge in [0.1, 0.15) is 5.78 Å². The number of rotatable bonds is 2. The average Bonchev–Trinajstić information content (AvgIpc) is 2.38. The molecule has 1 saturated carbocycles. The quantitative estimate of drug-likeness (QED) is 0.735. The van der Waals surface area contributed by atoms with Gasteiger partial charge >= 0.3 is 5.97 Å². The number of benzene rings is 1. The molecule has 1 aliphatic carbocycles. The molecule has 0 amide bonds. The predicted octanol–water partition coefficient (Wildman–Crippen LogP) is 2.31. The van der Waals surface area contributed by atoms with Crippen LogP contribution in [0, 0.1) is 5.92 Å². The summed E-state index contributed by atoms with van der Waals surface area (Å²) >= 11 is 0. The van der Waals surface area contributed by atoms with E-state index in [0.717, 1.165) is 12.0 Å². The van der Waals surface area contributed by atoms with E-state index in [1.807, 2.05) is 30.3 Å². The summed E-state index contributed by atoms with van der Waals surface area (Å²) < 4.78 is 4.80. The van der Waals surface area contributed by atoms with Gasteiger partial charge in [-0.05, 0) is 17.9 Å². The van der Waals surface area contributed by atoms with Crippen molar-refractivity contribution in [1.29, 1.82) is 0 Å². The van der Waals surface area contributed by atoms with Gasteiger partial charge in [-0.25, -0.2) is 0 Å². The van der Waals surface area contributed by atoms with Gasteiger partial charge in [-0.1, -0.05) is 30.3 Å². The molecule has 0 saturated heterocycles. The van der Waals surface area contributed by atoms with Crippen molar-refractivity contribution < 1.29 is 14.3 Å². The fraction of sp³-hybridized carbons (Fsp3) is 0.429. The van der Waals surface area contributed by atoms with E-state index in [4.69, 9.17) is 4.74 Å². The molecule has 0 heterocycles. The number of hydrogen-bond acceptors (Lipinski definition) is 3. The summed E-state index contributed by atoms with van der Waals surface area (Å²) in [5, 5.41) is 0. The van der Waals surface area contributed by atoms with Crippen molar-refractivity contribution in [1.82, 2.24) is 0 Å². The average molecular weight is 232 g/mol. The molecule has 2 rings (SSSR count). The molecule has 2 unspecified atom stereocenters. The van der Waals surface area contributed by atoms with E-state index in [1.54, 1.807) is 0 Å². The molecule has 0 aliphatic heterocycles. The van der Waals surface area contributed by atoms with Gasteiger partial charge in [0.05, 0.1) is 13.0 Å². The van der Waals surface area contributed by atoms with Crippen molar-refractivity contribution in [3.05, 3.63) is 35.9 Å². The molecule has 0 N–H and O–H groups in total. The number of carbonyl (C=O) groups is 2. The highest BCUT2D eigenvalue weighted by Crippen LogP contribution is 2.36. The van der Waals surface area contributed by atoms with E-state index in [9.17, 15) is 9.59 Å². The van der Waals surface area contributed by atoms with E-state index in [2.05, 4.69) is 0 Å². The molecule has 3 nitrogen and oxygen atoms in total. The summed E-state index contributed by atoms with van der Waals surface area (Å²) in [5.41, 5.74) is 1.12. The van der Waals surface area contributed by atoms with Gasteiger partial charge in [-0.3, -0.25) is 9.59 Å². The lowest BCUT2D eigenvalue weighted by Crippen LogP contribution is -2.30. The van der Waals surface area contributed by atoms with Gasteiger partial charge in [-0.15, -0.1) is 0 Å². The lowest BCUT2D eigenvalue weighted by atomic mass is 9.75. The maximum Gasteiger partial charge on any atom is 0.309 e. The smallest absolute Gasteiger partial charge is 0.309 e. The molecule has 1 aliphatic rings. The fourth-order valence-electron chi connectivity index (χ4n) is 2.51. The first-order valence-corrected chi connectivity index (χ1v) is 5.87. The van der Waals surface area contributed by atoms with E-state index in [0.29, 0.717) is 12.8 Å². The zero-order chi connectivity index (χ0) is 12.3. The highest BCUT2D eigenvalue weighted by molar-refractivity contribution is 5.86. The Balaban J connectivity index is 2.24. The molecule has 0 aromatic heterocycles. The number of ketones is 1. The van der Waals surface area contributed by atoms with Crippen molar-refractivity contribution in [3.63, 3.8) is 0 Å². The highest BCUT2D eigenvalue weighted by Gasteiger charge is 2.35. The van der Waals surface area contributed by atoms with Crippen LogP contribution in [-0.2, 0) is 14.3 Å². The van der Waals surface area contributed by atoms with Gasteiger partial charge in [-0.2, -0.15) is 0 Å². The zero-order valence-corrected chi connectivity index (χ0v) is 9.89. The number of methoxy groups -OCH3 is 1. The Morgan fingerprint density at radius 1 is 1.29 bits per heavy atom. The largest absolute Gasteiger partial charge is 0.469 e. The normalized spacial score (nSPS) is 24.4. The standard InChI is InChI=1S/C14H16O3/c1-17-14(16)13-9-11(15)7-8-12(13)10-5-3-2-4-6-10/h2-6,12-13H,7-9H2,1H3. The van der Waals surface area contributed by atoms with Gasteiger partial charge < -0.3 is 4.74 Å². The monoisotopic (exact) mass is 232 g/mol. The van der Waals surface area contributed by atoms with E-state index < -0.39 is 0 Å². The summed E-state index contributed by atoms with van der Waals surface area (Å²) in [6.07, 6.45) is 1.61. The second kappa shape index (κ2) is 5.13. The molecule has 1 fully saturated rings. The second-order valence-electron chi connectivity index (χ2n) is 4.43. The van der Waals surface area contributed by atoms with Crippen LogP contribution in [-0.4, -0.2) is 18.9 Å². The molecule has 1 aromatic rings. The predicted molar refractivity (Wildman–Crippen MR) is 63.5 cm³/mol. The van der Waals surface area contributed by atoms with E-state index in [-0.39, 0.29) is 23.6 Å². The maximum absolute atomic E-state index is 11.7. The van der Waals surface area contributed by atoms with Crippen molar-refractivity contribution in [3.8, 4) is 0 Å². The Bertz CT molecular complexity index is 411. The van der Waals surface area contributed by atoms with Crippen LogP contribution in [0.4, 0.5) is 0 Å². The Hall–Kier alpha value is -1.64. The minimum Gasteiger partial charge on any atom is -0.469 e. The van der Waals surface area contributed by atoms with Gasteiger partial charge in [0.25, 0.3) is 0 Å². The Morgan fingerprint density at radius 3 is 2.65 bits per heavy atom. The van der Waals surface area contributed by atoms with Crippen molar-refractivity contribution in [2.45, 2.75) is 25.2 Å². The Kier molecular flexibility index (Phi) is 3.57. The molecule has 3 heteroatoms. The number of ether oxygens (including phenoxy) is 1. The molecule has 2 atom stereocenters. The number of carbonyl (C=O) groups excluding carboxylic acids is 2. The van der Waals surface area contributed by atoms with Crippen molar-refractivity contribution in [2.24, 2.45) is 5.92 Å². The second-order valence-corrected chi connectivity index (χ2v) is 4.43. The maximum atomic E-state index is 11.7. The molecular formula is C14H16O3. The minimum absolute atomic E-state index is 0.112. The summed E-state index contributed by atoms with van der Waals surface area (Å²) in [6.45, 7) is 0. The van der Waals surface area contributed by atoms with E-state index >= 15 is 0 Å². The summed E-state index contributed by atoms with van der Waals surface area (Å²) in [4.78, 5) is 23.2. The first-order valence-electron chi connectivity index (χ1n) is 5.87.